The van der Waals surface area contributed by atoms with E-state index in [4.69, 9.17) is 11.6 Å². The lowest BCUT2D eigenvalue weighted by Crippen LogP contribution is -2.14. The zero-order chi connectivity index (χ0) is 12.5. The average molecular weight is 281 g/mol. The third-order valence-corrected chi connectivity index (χ3v) is 4.51. The maximum absolute atomic E-state index is 12.0. The minimum atomic E-state index is 0.0543. The Morgan fingerprint density at radius 3 is 2.72 bits per heavy atom. The van der Waals surface area contributed by atoms with Crippen molar-refractivity contribution in [2.75, 3.05) is 13.1 Å². The minimum Gasteiger partial charge on any atom is -0.316 e. The smallest absolute Gasteiger partial charge is 0.262 e. The molecule has 0 saturated carbocycles. The summed E-state index contributed by atoms with van der Waals surface area (Å²) in [7, 11) is 0. The Labute approximate surface area is 114 Å². The van der Waals surface area contributed by atoms with Crippen LogP contribution in [0.15, 0.2) is 29.1 Å². The van der Waals surface area contributed by atoms with Gasteiger partial charge < -0.3 is 5.32 Å². The summed E-state index contributed by atoms with van der Waals surface area (Å²) in [6.07, 6.45) is 1.03. The molecule has 0 amide bonds. The Balaban J connectivity index is 2.06. The van der Waals surface area contributed by atoms with Crippen LogP contribution in [0, 0.1) is 0 Å². The van der Waals surface area contributed by atoms with Gasteiger partial charge in [-0.3, -0.25) is 9.17 Å². The SMILES string of the molecule is O=c1[nH]sc(-c2ccc(Cl)cc2)c1C1CCNC1. The predicted molar refractivity (Wildman–Crippen MR) is 75.6 cm³/mol. The molecule has 0 aliphatic carbocycles. The molecule has 0 bridgehead atoms. The highest BCUT2D eigenvalue weighted by molar-refractivity contribution is 7.09. The number of aromatic nitrogens is 1. The van der Waals surface area contributed by atoms with Gasteiger partial charge in [-0.05, 0) is 30.7 Å². The van der Waals surface area contributed by atoms with E-state index < -0.39 is 0 Å². The quantitative estimate of drug-likeness (QED) is 0.888. The summed E-state index contributed by atoms with van der Waals surface area (Å²) in [5, 5.41) is 4.02. The number of benzene rings is 1. The van der Waals surface area contributed by atoms with Crippen molar-refractivity contribution in [1.82, 2.24) is 9.69 Å². The van der Waals surface area contributed by atoms with Crippen molar-refractivity contribution >= 4 is 23.1 Å². The van der Waals surface area contributed by atoms with E-state index in [0.717, 1.165) is 35.5 Å². The van der Waals surface area contributed by atoms with E-state index in [-0.39, 0.29) is 5.56 Å². The molecule has 1 unspecified atom stereocenters. The second-order valence-corrected chi connectivity index (χ2v) is 5.73. The molecule has 0 radical (unpaired) electrons. The molecular weight excluding hydrogens is 268 g/mol. The maximum Gasteiger partial charge on any atom is 0.262 e. The van der Waals surface area contributed by atoms with Crippen molar-refractivity contribution in [1.29, 1.82) is 0 Å². The lowest BCUT2D eigenvalue weighted by Gasteiger charge is -2.08. The molecule has 1 saturated heterocycles. The summed E-state index contributed by atoms with van der Waals surface area (Å²) in [6, 6.07) is 7.65. The first kappa shape index (κ1) is 12.0. The first-order valence-corrected chi connectivity index (χ1v) is 7.13. The largest absolute Gasteiger partial charge is 0.316 e. The van der Waals surface area contributed by atoms with Gasteiger partial charge in [0, 0.05) is 23.0 Å². The zero-order valence-electron chi connectivity index (χ0n) is 9.70. The molecule has 1 aliphatic rings. The molecule has 1 fully saturated rings. The van der Waals surface area contributed by atoms with E-state index in [2.05, 4.69) is 9.69 Å². The second-order valence-electron chi connectivity index (χ2n) is 4.47. The summed E-state index contributed by atoms with van der Waals surface area (Å²) in [4.78, 5) is 13.0. The van der Waals surface area contributed by atoms with Gasteiger partial charge in [0.25, 0.3) is 5.56 Å². The standard InChI is InChI=1S/C13H13ClN2OS/c14-10-3-1-8(2-4-10)12-11(13(17)16-18-12)9-5-6-15-7-9/h1-4,9,15H,5-7H2,(H,16,17). The number of aromatic amines is 1. The van der Waals surface area contributed by atoms with Gasteiger partial charge in [0.05, 0.1) is 4.88 Å². The van der Waals surface area contributed by atoms with Crippen molar-refractivity contribution in [3.63, 3.8) is 0 Å². The van der Waals surface area contributed by atoms with Gasteiger partial charge in [-0.25, -0.2) is 0 Å². The van der Waals surface area contributed by atoms with Crippen LogP contribution in [0.25, 0.3) is 10.4 Å². The first-order valence-electron chi connectivity index (χ1n) is 5.94. The predicted octanol–water partition coefficient (Wildman–Crippen LogP) is 2.83. The molecule has 2 N–H and O–H groups in total. The molecule has 3 nitrogen and oxygen atoms in total. The maximum atomic E-state index is 12.0. The van der Waals surface area contributed by atoms with Crippen LogP contribution in [0.5, 0.6) is 0 Å². The van der Waals surface area contributed by atoms with Crippen molar-refractivity contribution in [3.05, 3.63) is 45.2 Å². The third kappa shape index (κ3) is 2.11. The van der Waals surface area contributed by atoms with Gasteiger partial charge in [0.1, 0.15) is 0 Å². The van der Waals surface area contributed by atoms with Crippen molar-refractivity contribution in [3.8, 4) is 10.4 Å². The Morgan fingerprint density at radius 1 is 1.28 bits per heavy atom. The molecule has 2 heterocycles. The Bertz CT molecular complexity index is 596. The van der Waals surface area contributed by atoms with Gasteiger partial charge in [-0.15, -0.1) is 0 Å². The van der Waals surface area contributed by atoms with Crippen LogP contribution in [0.1, 0.15) is 17.9 Å². The number of rotatable bonds is 2. The highest BCUT2D eigenvalue weighted by Gasteiger charge is 2.24. The van der Waals surface area contributed by atoms with E-state index in [9.17, 15) is 4.79 Å². The molecule has 94 valence electrons. The van der Waals surface area contributed by atoms with E-state index in [1.165, 1.54) is 11.5 Å². The third-order valence-electron chi connectivity index (χ3n) is 3.31. The highest BCUT2D eigenvalue weighted by atomic mass is 35.5. The Hall–Kier alpha value is -1.10. The Morgan fingerprint density at radius 2 is 2.06 bits per heavy atom. The summed E-state index contributed by atoms with van der Waals surface area (Å²) < 4.78 is 2.85. The van der Waals surface area contributed by atoms with Crippen molar-refractivity contribution in [2.45, 2.75) is 12.3 Å². The van der Waals surface area contributed by atoms with Gasteiger partial charge in [0.15, 0.2) is 0 Å². The number of hydrogen-bond donors (Lipinski definition) is 2. The van der Waals surface area contributed by atoms with Crippen LogP contribution < -0.4 is 10.9 Å². The fourth-order valence-corrected chi connectivity index (χ4v) is 3.45. The first-order chi connectivity index (χ1) is 8.75. The van der Waals surface area contributed by atoms with Gasteiger partial charge in [-0.1, -0.05) is 35.3 Å². The number of H-pyrrole nitrogens is 1. The minimum absolute atomic E-state index is 0.0543. The van der Waals surface area contributed by atoms with Crippen LogP contribution >= 0.6 is 23.1 Å². The van der Waals surface area contributed by atoms with Crippen molar-refractivity contribution in [2.24, 2.45) is 0 Å². The lowest BCUT2D eigenvalue weighted by atomic mass is 9.97. The van der Waals surface area contributed by atoms with Crippen LogP contribution in [0.3, 0.4) is 0 Å². The van der Waals surface area contributed by atoms with Gasteiger partial charge >= 0.3 is 0 Å². The van der Waals surface area contributed by atoms with Crippen molar-refractivity contribution < 1.29 is 0 Å². The van der Waals surface area contributed by atoms with E-state index >= 15 is 0 Å². The normalized spacial score (nSPS) is 19.3. The van der Waals surface area contributed by atoms with Gasteiger partial charge in [0.2, 0.25) is 0 Å². The molecule has 0 spiro atoms. The zero-order valence-corrected chi connectivity index (χ0v) is 11.3. The summed E-state index contributed by atoms with van der Waals surface area (Å²) in [6.45, 7) is 1.88. The van der Waals surface area contributed by atoms with E-state index in [1.54, 1.807) is 0 Å². The molecule has 3 rings (SSSR count). The van der Waals surface area contributed by atoms with E-state index in [1.807, 2.05) is 24.3 Å². The Kier molecular flexibility index (Phi) is 3.24. The number of halogens is 1. The molecule has 1 aromatic carbocycles. The molecular formula is C13H13ClN2OS. The fraction of sp³-hybridized carbons (Fsp3) is 0.308. The molecule has 18 heavy (non-hydrogen) atoms. The van der Waals surface area contributed by atoms with Crippen LogP contribution in [-0.2, 0) is 0 Å². The molecule has 2 aromatic rings. The topological polar surface area (TPSA) is 44.9 Å². The average Bonchev–Trinajstić information content (AvgIpc) is 2.99. The highest BCUT2D eigenvalue weighted by Crippen LogP contribution is 2.33. The van der Waals surface area contributed by atoms with E-state index in [0.29, 0.717) is 10.9 Å². The monoisotopic (exact) mass is 280 g/mol. The summed E-state index contributed by atoms with van der Waals surface area (Å²) in [5.41, 5.74) is 2.04. The second kappa shape index (κ2) is 4.88. The number of hydrogen-bond acceptors (Lipinski definition) is 3. The molecule has 5 heteroatoms. The number of nitrogens with one attached hydrogen (secondary N) is 2. The summed E-state index contributed by atoms with van der Waals surface area (Å²) in [5.74, 6) is 0.325. The van der Waals surface area contributed by atoms with Crippen LogP contribution in [0.2, 0.25) is 5.02 Å². The van der Waals surface area contributed by atoms with Crippen LogP contribution in [-0.4, -0.2) is 17.5 Å². The molecule has 1 atom stereocenters. The van der Waals surface area contributed by atoms with Gasteiger partial charge in [-0.2, -0.15) is 0 Å². The lowest BCUT2D eigenvalue weighted by molar-refractivity contribution is 0.759. The molecule has 1 aliphatic heterocycles. The van der Waals surface area contributed by atoms with Crippen LogP contribution in [0.4, 0.5) is 0 Å². The molecule has 1 aromatic heterocycles. The summed E-state index contributed by atoms with van der Waals surface area (Å²) >= 11 is 7.31. The fourth-order valence-electron chi connectivity index (χ4n) is 2.40.